The van der Waals surface area contributed by atoms with E-state index in [2.05, 4.69) is 29.3 Å². The van der Waals surface area contributed by atoms with E-state index in [9.17, 15) is 4.79 Å². The molecule has 2 aromatic rings. The largest absolute Gasteiger partial charge is 0.454 e. The van der Waals surface area contributed by atoms with E-state index in [4.69, 9.17) is 14.0 Å². The van der Waals surface area contributed by atoms with Crippen LogP contribution in [0.5, 0.6) is 11.5 Å². The van der Waals surface area contributed by atoms with Crippen LogP contribution in [0, 0.1) is 11.8 Å². The third kappa shape index (κ3) is 3.63. The van der Waals surface area contributed by atoms with Gasteiger partial charge in [0.1, 0.15) is 6.04 Å². The summed E-state index contributed by atoms with van der Waals surface area (Å²) >= 11 is 0. The summed E-state index contributed by atoms with van der Waals surface area (Å²) in [4.78, 5) is 17.2. The molecule has 7 heteroatoms. The summed E-state index contributed by atoms with van der Waals surface area (Å²) in [5.74, 6) is 2.71. The number of ether oxygens (including phenoxy) is 2. The van der Waals surface area contributed by atoms with E-state index in [0.29, 0.717) is 23.2 Å². The fraction of sp³-hybridized carbons (Fsp3) is 0.550. The van der Waals surface area contributed by atoms with Crippen LogP contribution in [0.2, 0.25) is 0 Å². The number of nitrogens with zero attached hydrogens (tertiary/aromatic N) is 2. The molecular weight excluding hydrogens is 346 g/mol. The van der Waals surface area contributed by atoms with Gasteiger partial charge in [-0.25, -0.2) is 0 Å². The Labute approximate surface area is 158 Å². The molecule has 1 aromatic carbocycles. The number of benzene rings is 1. The van der Waals surface area contributed by atoms with Crippen molar-refractivity contribution in [1.82, 2.24) is 15.5 Å². The normalized spacial score (nSPS) is 18.4. The number of nitrogens with one attached hydrogen (secondary N) is 1. The van der Waals surface area contributed by atoms with Crippen molar-refractivity contribution in [2.75, 3.05) is 6.79 Å². The highest BCUT2D eigenvalue weighted by atomic mass is 16.7. The van der Waals surface area contributed by atoms with Gasteiger partial charge in [0.25, 0.3) is 0 Å². The van der Waals surface area contributed by atoms with Crippen LogP contribution in [0.4, 0.5) is 0 Å². The lowest BCUT2D eigenvalue weighted by Crippen LogP contribution is -2.36. The first-order valence-electron chi connectivity index (χ1n) is 9.69. The number of hydrogen-bond acceptors (Lipinski definition) is 6. The molecule has 27 heavy (non-hydrogen) atoms. The number of hydrogen-bond donors (Lipinski definition) is 1. The van der Waals surface area contributed by atoms with E-state index in [-0.39, 0.29) is 30.6 Å². The standard InChI is InChI=1S/C20H25N3O4/c1-3-12(2)17(21-19(24)13-6-4-5-7-13)20-22-18(23-27-20)14-8-9-15-16(10-14)26-11-25-15/h8-10,12-13,17H,3-7,11H2,1-2H3,(H,21,24)/t12-,17-/m0/s1. The quantitative estimate of drug-likeness (QED) is 0.830. The van der Waals surface area contributed by atoms with Crippen LogP contribution in [0.25, 0.3) is 11.4 Å². The SMILES string of the molecule is CC[C@H](C)[C@H](NC(=O)C1CCCC1)c1nc(-c2ccc3c(c2)OCO3)no1. The molecule has 1 amide bonds. The summed E-state index contributed by atoms with van der Waals surface area (Å²) in [5.41, 5.74) is 0.791. The monoisotopic (exact) mass is 371 g/mol. The third-order valence-corrected chi connectivity index (χ3v) is 5.58. The van der Waals surface area contributed by atoms with Crippen LogP contribution >= 0.6 is 0 Å². The summed E-state index contributed by atoms with van der Waals surface area (Å²) in [6, 6.07) is 5.27. The molecule has 2 atom stereocenters. The molecule has 2 aliphatic rings. The number of carbonyl (C=O) groups excluding carboxylic acids is 1. The Hall–Kier alpha value is -2.57. The van der Waals surface area contributed by atoms with E-state index in [1.165, 1.54) is 0 Å². The van der Waals surface area contributed by atoms with Gasteiger partial charge >= 0.3 is 0 Å². The average Bonchev–Trinajstić information content (AvgIpc) is 3.45. The highest BCUT2D eigenvalue weighted by molar-refractivity contribution is 5.79. The lowest BCUT2D eigenvalue weighted by molar-refractivity contribution is -0.126. The maximum absolute atomic E-state index is 12.6. The molecule has 0 saturated heterocycles. The van der Waals surface area contributed by atoms with Crippen molar-refractivity contribution >= 4 is 5.91 Å². The molecule has 0 spiro atoms. The van der Waals surface area contributed by atoms with E-state index < -0.39 is 0 Å². The number of rotatable bonds is 6. The zero-order valence-corrected chi connectivity index (χ0v) is 15.7. The zero-order chi connectivity index (χ0) is 18.8. The first-order valence-corrected chi connectivity index (χ1v) is 9.69. The summed E-state index contributed by atoms with van der Waals surface area (Å²) in [5, 5.41) is 7.27. The maximum Gasteiger partial charge on any atom is 0.249 e. The highest BCUT2D eigenvalue weighted by Gasteiger charge is 2.30. The predicted octanol–water partition coefficient (Wildman–Crippen LogP) is 3.86. The third-order valence-electron chi connectivity index (χ3n) is 5.58. The molecule has 1 aliphatic heterocycles. The Morgan fingerprint density at radius 3 is 2.81 bits per heavy atom. The molecule has 1 saturated carbocycles. The number of amides is 1. The van der Waals surface area contributed by atoms with Crippen LogP contribution in [0.1, 0.15) is 57.9 Å². The van der Waals surface area contributed by atoms with Crippen LogP contribution in [0.15, 0.2) is 22.7 Å². The van der Waals surface area contributed by atoms with Gasteiger partial charge in [-0.05, 0) is 37.0 Å². The van der Waals surface area contributed by atoms with Crippen molar-refractivity contribution in [2.24, 2.45) is 11.8 Å². The van der Waals surface area contributed by atoms with Gasteiger partial charge in [0.2, 0.25) is 24.4 Å². The van der Waals surface area contributed by atoms with Gasteiger partial charge in [0.05, 0.1) is 0 Å². The number of carbonyl (C=O) groups is 1. The van der Waals surface area contributed by atoms with Crippen LogP contribution in [-0.4, -0.2) is 22.8 Å². The van der Waals surface area contributed by atoms with Gasteiger partial charge in [-0.1, -0.05) is 38.3 Å². The first kappa shape index (κ1) is 17.8. The molecule has 1 N–H and O–H groups in total. The van der Waals surface area contributed by atoms with E-state index in [0.717, 1.165) is 37.7 Å². The first-order chi connectivity index (χ1) is 13.2. The fourth-order valence-corrected chi connectivity index (χ4v) is 3.66. The van der Waals surface area contributed by atoms with Crippen molar-refractivity contribution in [3.8, 4) is 22.9 Å². The van der Waals surface area contributed by atoms with Gasteiger partial charge in [-0.15, -0.1) is 0 Å². The molecule has 7 nitrogen and oxygen atoms in total. The van der Waals surface area contributed by atoms with Crippen LogP contribution in [-0.2, 0) is 4.79 Å². The molecule has 0 radical (unpaired) electrons. The molecule has 1 fully saturated rings. The smallest absolute Gasteiger partial charge is 0.249 e. The van der Waals surface area contributed by atoms with Crippen molar-refractivity contribution in [1.29, 1.82) is 0 Å². The highest BCUT2D eigenvalue weighted by Crippen LogP contribution is 2.36. The molecule has 1 aliphatic carbocycles. The Morgan fingerprint density at radius 2 is 2.04 bits per heavy atom. The zero-order valence-electron chi connectivity index (χ0n) is 15.7. The summed E-state index contributed by atoms with van der Waals surface area (Å²) in [6.07, 6.45) is 5.08. The Balaban J connectivity index is 1.55. The van der Waals surface area contributed by atoms with Crippen molar-refractivity contribution in [2.45, 2.75) is 52.0 Å². The number of aromatic nitrogens is 2. The minimum atomic E-state index is -0.279. The predicted molar refractivity (Wildman–Crippen MR) is 98.2 cm³/mol. The molecule has 144 valence electrons. The van der Waals surface area contributed by atoms with Gasteiger partial charge in [-0.3, -0.25) is 4.79 Å². The van der Waals surface area contributed by atoms with Crippen molar-refractivity contribution in [3.05, 3.63) is 24.1 Å². The van der Waals surface area contributed by atoms with Crippen molar-refractivity contribution in [3.63, 3.8) is 0 Å². The summed E-state index contributed by atoms with van der Waals surface area (Å²) in [7, 11) is 0. The van der Waals surface area contributed by atoms with Crippen LogP contribution < -0.4 is 14.8 Å². The van der Waals surface area contributed by atoms with Gasteiger partial charge in [0, 0.05) is 11.5 Å². The summed E-state index contributed by atoms with van der Waals surface area (Å²) < 4.78 is 16.3. The lowest BCUT2D eigenvalue weighted by Gasteiger charge is -2.22. The molecule has 0 unspecified atom stereocenters. The second-order valence-electron chi connectivity index (χ2n) is 7.38. The maximum atomic E-state index is 12.6. The minimum absolute atomic E-state index is 0.0978. The van der Waals surface area contributed by atoms with Gasteiger partial charge in [0.15, 0.2) is 11.5 Å². The van der Waals surface area contributed by atoms with Gasteiger partial charge in [-0.2, -0.15) is 4.98 Å². The lowest BCUT2D eigenvalue weighted by atomic mass is 9.97. The molecule has 0 bridgehead atoms. The topological polar surface area (TPSA) is 86.5 Å². The Morgan fingerprint density at radius 1 is 1.26 bits per heavy atom. The minimum Gasteiger partial charge on any atom is -0.454 e. The fourth-order valence-electron chi connectivity index (χ4n) is 3.66. The van der Waals surface area contributed by atoms with Crippen LogP contribution in [0.3, 0.4) is 0 Å². The van der Waals surface area contributed by atoms with E-state index >= 15 is 0 Å². The number of fused-ring (bicyclic) bond motifs is 1. The second-order valence-corrected chi connectivity index (χ2v) is 7.38. The summed E-state index contributed by atoms with van der Waals surface area (Å²) in [6.45, 7) is 4.40. The molecular formula is C20H25N3O4. The Bertz CT molecular complexity index is 813. The molecule has 2 heterocycles. The molecule has 1 aromatic heterocycles. The van der Waals surface area contributed by atoms with E-state index in [1.807, 2.05) is 18.2 Å². The second kappa shape index (κ2) is 7.58. The van der Waals surface area contributed by atoms with Crippen molar-refractivity contribution < 1.29 is 18.8 Å². The van der Waals surface area contributed by atoms with Gasteiger partial charge < -0.3 is 19.3 Å². The average molecular weight is 371 g/mol. The van der Waals surface area contributed by atoms with E-state index in [1.54, 1.807) is 0 Å². The molecule has 4 rings (SSSR count). The Kier molecular flexibility index (Phi) is 5.01.